The highest BCUT2D eigenvalue weighted by molar-refractivity contribution is 6.21. The Bertz CT molecular complexity index is 957. The quantitative estimate of drug-likeness (QED) is 0.646. The monoisotopic (exact) mass is 382 g/mol. The number of carbonyl (C=O) groups excluding carboxylic acids is 3. The molecular weight excluding hydrogens is 360 g/mol. The Balaban J connectivity index is 1.66. The number of rotatable bonds is 3. The van der Waals surface area contributed by atoms with E-state index in [1.807, 2.05) is 0 Å². The molecule has 0 bridgehead atoms. The van der Waals surface area contributed by atoms with Crippen LogP contribution in [0.25, 0.3) is 0 Å². The Labute approximate surface area is 162 Å². The van der Waals surface area contributed by atoms with Crippen molar-refractivity contribution in [2.45, 2.75) is 51.0 Å². The highest BCUT2D eigenvalue weighted by atomic mass is 16.5. The molecule has 1 N–H and O–H groups in total. The molecule has 2 aromatic rings. The van der Waals surface area contributed by atoms with Crippen LogP contribution in [-0.2, 0) is 5.54 Å². The van der Waals surface area contributed by atoms with Crippen molar-refractivity contribution >= 4 is 17.7 Å². The van der Waals surface area contributed by atoms with E-state index in [1.165, 1.54) is 19.2 Å². The number of benzene rings is 1. The van der Waals surface area contributed by atoms with Crippen molar-refractivity contribution in [1.82, 2.24) is 20.4 Å². The predicted molar refractivity (Wildman–Crippen MR) is 98.7 cm³/mol. The fourth-order valence-electron chi connectivity index (χ4n) is 4.02. The van der Waals surface area contributed by atoms with E-state index in [4.69, 9.17) is 4.52 Å². The lowest BCUT2D eigenvalue weighted by Gasteiger charge is -2.30. The van der Waals surface area contributed by atoms with Crippen LogP contribution >= 0.6 is 0 Å². The van der Waals surface area contributed by atoms with Gasteiger partial charge in [0.2, 0.25) is 5.89 Å². The van der Waals surface area contributed by atoms with Gasteiger partial charge in [-0.1, -0.05) is 30.8 Å². The summed E-state index contributed by atoms with van der Waals surface area (Å²) in [5, 5.41) is 7.20. The van der Waals surface area contributed by atoms with Crippen LogP contribution in [0.4, 0.5) is 0 Å². The zero-order chi connectivity index (χ0) is 19.9. The second-order valence-corrected chi connectivity index (χ2v) is 7.52. The van der Waals surface area contributed by atoms with Crippen LogP contribution in [0.1, 0.15) is 81.3 Å². The fourth-order valence-corrected chi connectivity index (χ4v) is 4.02. The lowest BCUT2D eigenvalue weighted by molar-refractivity contribution is 0.0692. The van der Waals surface area contributed by atoms with Crippen molar-refractivity contribution in [2.24, 2.45) is 0 Å². The van der Waals surface area contributed by atoms with Gasteiger partial charge in [-0.2, -0.15) is 4.98 Å². The second kappa shape index (κ2) is 6.85. The molecule has 8 nitrogen and oxygen atoms in total. The number of fused-ring (bicyclic) bond motifs is 1. The minimum absolute atomic E-state index is 0.255. The number of hydrogen-bond acceptors (Lipinski definition) is 6. The van der Waals surface area contributed by atoms with Crippen molar-refractivity contribution in [3.63, 3.8) is 0 Å². The van der Waals surface area contributed by atoms with Gasteiger partial charge in [0, 0.05) is 19.5 Å². The molecule has 3 amide bonds. The molecule has 146 valence electrons. The summed E-state index contributed by atoms with van der Waals surface area (Å²) < 4.78 is 5.17. The van der Waals surface area contributed by atoms with Gasteiger partial charge >= 0.3 is 0 Å². The molecule has 0 radical (unpaired) electrons. The first kappa shape index (κ1) is 18.3. The standard InChI is InChI=1S/C20H22N4O4/c1-12-21-19(23-28-12)20(9-5-3-4-6-10-20)22-16(25)13-7-8-14-15(11-13)18(27)24(2)17(14)26/h7-8,11H,3-6,9-10H2,1-2H3,(H,22,25). The van der Waals surface area contributed by atoms with Crippen molar-refractivity contribution < 1.29 is 18.9 Å². The average Bonchev–Trinajstić information content (AvgIpc) is 3.11. The minimum atomic E-state index is -0.693. The Kier molecular flexibility index (Phi) is 4.49. The molecule has 4 rings (SSSR count). The first-order valence-electron chi connectivity index (χ1n) is 9.51. The van der Waals surface area contributed by atoms with E-state index < -0.39 is 11.4 Å². The smallest absolute Gasteiger partial charge is 0.261 e. The third-order valence-electron chi connectivity index (χ3n) is 5.62. The fraction of sp³-hybridized carbons (Fsp3) is 0.450. The molecule has 28 heavy (non-hydrogen) atoms. The van der Waals surface area contributed by atoms with Crippen LogP contribution in [0, 0.1) is 6.92 Å². The van der Waals surface area contributed by atoms with Crippen LogP contribution in [0.15, 0.2) is 22.7 Å². The molecule has 0 saturated heterocycles. The number of aromatic nitrogens is 2. The third-order valence-corrected chi connectivity index (χ3v) is 5.62. The average molecular weight is 382 g/mol. The summed E-state index contributed by atoms with van der Waals surface area (Å²) >= 11 is 0. The predicted octanol–water partition coefficient (Wildman–Crippen LogP) is 2.58. The van der Waals surface area contributed by atoms with Crippen LogP contribution in [0.2, 0.25) is 0 Å². The topological polar surface area (TPSA) is 105 Å². The molecule has 0 unspecified atom stereocenters. The van der Waals surface area contributed by atoms with Crippen molar-refractivity contribution in [1.29, 1.82) is 0 Å². The van der Waals surface area contributed by atoms with Gasteiger partial charge in [0.15, 0.2) is 5.82 Å². The molecule has 1 saturated carbocycles. The molecular formula is C20H22N4O4. The number of aryl methyl sites for hydroxylation is 1. The highest BCUT2D eigenvalue weighted by Crippen LogP contribution is 2.35. The van der Waals surface area contributed by atoms with E-state index in [9.17, 15) is 14.4 Å². The van der Waals surface area contributed by atoms with Gasteiger partial charge in [0.1, 0.15) is 5.54 Å². The van der Waals surface area contributed by atoms with Crippen molar-refractivity contribution in [2.75, 3.05) is 7.05 Å². The molecule has 1 fully saturated rings. The van der Waals surface area contributed by atoms with E-state index in [-0.39, 0.29) is 17.4 Å². The lowest BCUT2D eigenvalue weighted by atomic mass is 9.88. The van der Waals surface area contributed by atoms with E-state index in [0.29, 0.717) is 22.8 Å². The Morgan fingerprint density at radius 2 is 1.79 bits per heavy atom. The molecule has 8 heteroatoms. The van der Waals surface area contributed by atoms with Crippen LogP contribution in [0.3, 0.4) is 0 Å². The number of imide groups is 1. The van der Waals surface area contributed by atoms with Crippen LogP contribution in [0.5, 0.6) is 0 Å². The molecule has 0 spiro atoms. The molecule has 2 heterocycles. The van der Waals surface area contributed by atoms with Gasteiger partial charge < -0.3 is 9.84 Å². The zero-order valence-corrected chi connectivity index (χ0v) is 15.9. The number of nitrogens with one attached hydrogen (secondary N) is 1. The second-order valence-electron chi connectivity index (χ2n) is 7.52. The van der Waals surface area contributed by atoms with Gasteiger partial charge in [0.05, 0.1) is 11.1 Å². The molecule has 1 aromatic heterocycles. The van der Waals surface area contributed by atoms with Gasteiger partial charge in [-0.05, 0) is 31.0 Å². The summed E-state index contributed by atoms with van der Waals surface area (Å²) in [6.45, 7) is 1.72. The van der Waals surface area contributed by atoms with Gasteiger partial charge in [0.25, 0.3) is 17.7 Å². The molecule has 0 atom stereocenters. The van der Waals surface area contributed by atoms with E-state index in [0.717, 1.165) is 43.4 Å². The largest absolute Gasteiger partial charge is 0.340 e. The van der Waals surface area contributed by atoms with Crippen LogP contribution < -0.4 is 5.32 Å². The zero-order valence-electron chi connectivity index (χ0n) is 15.9. The highest BCUT2D eigenvalue weighted by Gasteiger charge is 2.39. The van der Waals surface area contributed by atoms with E-state index >= 15 is 0 Å². The molecule has 1 aliphatic carbocycles. The first-order chi connectivity index (χ1) is 13.4. The molecule has 1 aliphatic heterocycles. The molecule has 1 aromatic carbocycles. The summed E-state index contributed by atoms with van der Waals surface area (Å²) in [6.07, 6.45) is 5.55. The summed E-state index contributed by atoms with van der Waals surface area (Å²) in [6, 6.07) is 4.59. The SMILES string of the molecule is Cc1nc(C2(NC(=O)c3ccc4c(c3)C(=O)N(C)C4=O)CCCCCC2)no1. The first-order valence-corrected chi connectivity index (χ1v) is 9.51. The summed E-state index contributed by atoms with van der Waals surface area (Å²) in [4.78, 5) is 42.8. The number of hydrogen-bond donors (Lipinski definition) is 1. The van der Waals surface area contributed by atoms with E-state index in [2.05, 4.69) is 15.5 Å². The Morgan fingerprint density at radius 3 is 2.43 bits per heavy atom. The maximum absolute atomic E-state index is 13.1. The minimum Gasteiger partial charge on any atom is -0.340 e. The third kappa shape index (κ3) is 2.98. The summed E-state index contributed by atoms with van der Waals surface area (Å²) in [5.74, 6) is -0.117. The normalized spacial score (nSPS) is 18.7. The summed E-state index contributed by atoms with van der Waals surface area (Å²) in [7, 11) is 1.43. The summed E-state index contributed by atoms with van der Waals surface area (Å²) in [5.41, 5.74) is 0.215. The maximum atomic E-state index is 13.1. The van der Waals surface area contributed by atoms with Gasteiger partial charge in [-0.15, -0.1) is 0 Å². The molecule has 2 aliphatic rings. The van der Waals surface area contributed by atoms with Gasteiger partial charge in [-0.3, -0.25) is 19.3 Å². The number of nitrogens with zero attached hydrogens (tertiary/aromatic N) is 3. The van der Waals surface area contributed by atoms with Crippen molar-refractivity contribution in [3.05, 3.63) is 46.6 Å². The number of amides is 3. The Hall–Kier alpha value is -3.03. The van der Waals surface area contributed by atoms with Crippen molar-refractivity contribution in [3.8, 4) is 0 Å². The maximum Gasteiger partial charge on any atom is 0.261 e. The lowest BCUT2D eigenvalue weighted by Crippen LogP contribution is -2.46. The van der Waals surface area contributed by atoms with Gasteiger partial charge in [-0.25, -0.2) is 0 Å². The van der Waals surface area contributed by atoms with E-state index in [1.54, 1.807) is 13.0 Å². The Morgan fingerprint density at radius 1 is 1.11 bits per heavy atom. The van der Waals surface area contributed by atoms with Crippen LogP contribution in [-0.4, -0.2) is 39.8 Å². The number of carbonyl (C=O) groups is 3.